The molecule has 2 amide bonds. The number of pyridine rings is 1. The van der Waals surface area contributed by atoms with Gasteiger partial charge in [-0.1, -0.05) is 48.4 Å². The molecule has 0 saturated carbocycles. The molecule has 46 heavy (non-hydrogen) atoms. The van der Waals surface area contributed by atoms with Crippen molar-refractivity contribution in [2.24, 2.45) is 5.92 Å². The number of benzene rings is 2. The number of hydrogen-bond donors (Lipinski definition) is 3. The van der Waals surface area contributed by atoms with E-state index in [0.29, 0.717) is 47.5 Å². The first-order valence-electron chi connectivity index (χ1n) is 14.9. The zero-order valence-electron chi connectivity index (χ0n) is 25.6. The summed E-state index contributed by atoms with van der Waals surface area (Å²) in [5.74, 6) is -2.19. The van der Waals surface area contributed by atoms with E-state index < -0.39 is 29.8 Å². The van der Waals surface area contributed by atoms with E-state index >= 15 is 0 Å². The van der Waals surface area contributed by atoms with E-state index in [4.69, 9.17) is 16.3 Å². The molecule has 1 unspecified atom stereocenters. The Labute approximate surface area is 270 Å². The van der Waals surface area contributed by atoms with Crippen LogP contribution < -0.4 is 10.6 Å². The Morgan fingerprint density at radius 3 is 2.80 bits per heavy atom. The molecule has 5 rings (SSSR count). The highest BCUT2D eigenvalue weighted by atomic mass is 35.5. The lowest BCUT2D eigenvalue weighted by Crippen LogP contribution is -2.30. The SMILES string of the molecule is Cc1c(C(=O)N[C@H]2CCC[C@@H](C)C(=O)Nc3cc(CC(=O)OCC(C)O)ccc3-c3ccnc2c3)nnn1-c1cccc(Cl)c1F. The van der Waals surface area contributed by atoms with Crippen molar-refractivity contribution in [2.45, 2.75) is 58.6 Å². The molecule has 0 fully saturated rings. The summed E-state index contributed by atoms with van der Waals surface area (Å²) in [6.07, 6.45) is 2.47. The van der Waals surface area contributed by atoms with E-state index in [2.05, 4.69) is 25.9 Å². The van der Waals surface area contributed by atoms with Crippen molar-refractivity contribution < 1.29 is 28.6 Å². The normalized spacial score (nSPS) is 17.1. The van der Waals surface area contributed by atoms with Crippen LogP contribution in [0.4, 0.5) is 10.1 Å². The molecule has 3 heterocycles. The summed E-state index contributed by atoms with van der Waals surface area (Å²) in [6.45, 7) is 4.88. The first-order chi connectivity index (χ1) is 22.0. The topological polar surface area (TPSA) is 148 Å². The zero-order valence-corrected chi connectivity index (χ0v) is 26.3. The van der Waals surface area contributed by atoms with E-state index in [1.54, 1.807) is 37.4 Å². The number of esters is 1. The third kappa shape index (κ3) is 7.40. The second-order valence-electron chi connectivity index (χ2n) is 11.4. The fraction of sp³-hybridized carbons (Fsp3) is 0.333. The number of nitrogens with one attached hydrogen (secondary N) is 2. The Bertz CT molecular complexity index is 1780. The molecule has 2 aromatic heterocycles. The molecule has 3 N–H and O–H groups in total. The van der Waals surface area contributed by atoms with Gasteiger partial charge in [-0.3, -0.25) is 19.4 Å². The van der Waals surface area contributed by atoms with E-state index in [0.717, 1.165) is 5.56 Å². The standard InChI is InChI=1S/C33H34ClFN6O5/c1-18-6-4-8-25(37-33(45)31-20(3)41(40-39-31)28-9-5-7-24(34)30(28)35)27-16-22(12-13-36-27)23-11-10-21(14-26(23)38-32(18)44)15-29(43)46-17-19(2)42/h5,7,9-14,16,18-19,25,42H,4,6,8,15,17H2,1-3H3,(H,37,45)(H,38,44)/t18-,19?,25+/m1/s1. The van der Waals surface area contributed by atoms with E-state index in [-0.39, 0.29) is 41.3 Å². The smallest absolute Gasteiger partial charge is 0.310 e. The van der Waals surface area contributed by atoms with Crippen LogP contribution in [-0.4, -0.2) is 55.6 Å². The van der Waals surface area contributed by atoms with Gasteiger partial charge in [0.15, 0.2) is 11.5 Å². The lowest BCUT2D eigenvalue weighted by molar-refractivity contribution is -0.145. The number of aliphatic hydroxyl groups is 1. The predicted octanol–water partition coefficient (Wildman–Crippen LogP) is 5.13. The first-order valence-corrected chi connectivity index (χ1v) is 15.3. The minimum atomic E-state index is -0.771. The third-order valence-electron chi connectivity index (χ3n) is 7.78. The number of carbonyl (C=O) groups excluding carboxylic acids is 3. The largest absolute Gasteiger partial charge is 0.463 e. The number of rotatable bonds is 7. The maximum atomic E-state index is 14.7. The number of nitrogens with zero attached hydrogens (tertiary/aromatic N) is 4. The minimum Gasteiger partial charge on any atom is -0.463 e. The molecule has 0 aliphatic carbocycles. The Morgan fingerprint density at radius 2 is 2.02 bits per heavy atom. The highest BCUT2D eigenvalue weighted by molar-refractivity contribution is 6.30. The summed E-state index contributed by atoms with van der Waals surface area (Å²) in [6, 6.07) is 12.9. The van der Waals surface area contributed by atoms with Crippen molar-refractivity contribution >= 4 is 35.1 Å². The maximum Gasteiger partial charge on any atom is 0.310 e. The fourth-order valence-corrected chi connectivity index (χ4v) is 5.42. The molecule has 240 valence electrons. The van der Waals surface area contributed by atoms with Gasteiger partial charge in [0.2, 0.25) is 5.91 Å². The van der Waals surface area contributed by atoms with E-state index in [1.165, 1.54) is 23.7 Å². The Kier molecular flexibility index (Phi) is 10.1. The number of anilines is 1. The maximum absolute atomic E-state index is 14.7. The van der Waals surface area contributed by atoms with Crippen LogP contribution in [-0.2, 0) is 20.7 Å². The van der Waals surface area contributed by atoms with Gasteiger partial charge in [0, 0.05) is 23.4 Å². The third-order valence-corrected chi connectivity index (χ3v) is 8.07. The van der Waals surface area contributed by atoms with Crippen LogP contribution in [0.2, 0.25) is 5.02 Å². The molecule has 0 radical (unpaired) electrons. The van der Waals surface area contributed by atoms with Gasteiger partial charge in [-0.15, -0.1) is 5.10 Å². The van der Waals surface area contributed by atoms with Crippen LogP contribution in [0.1, 0.15) is 66.6 Å². The summed E-state index contributed by atoms with van der Waals surface area (Å²) in [5, 5.41) is 23.4. The number of aromatic nitrogens is 4. The molecule has 3 atom stereocenters. The number of aliphatic hydroxyl groups excluding tert-OH is 1. The molecule has 4 aromatic rings. The number of hydrogen-bond acceptors (Lipinski definition) is 8. The fourth-order valence-electron chi connectivity index (χ4n) is 5.25. The molecule has 1 aliphatic heterocycles. The van der Waals surface area contributed by atoms with Gasteiger partial charge in [0.25, 0.3) is 5.91 Å². The van der Waals surface area contributed by atoms with Crippen molar-refractivity contribution in [1.82, 2.24) is 25.3 Å². The lowest BCUT2D eigenvalue weighted by Gasteiger charge is -2.22. The van der Waals surface area contributed by atoms with Crippen molar-refractivity contribution in [2.75, 3.05) is 11.9 Å². The summed E-state index contributed by atoms with van der Waals surface area (Å²) in [5.41, 5.74) is 3.65. The highest BCUT2D eigenvalue weighted by Crippen LogP contribution is 2.33. The molecule has 1 aliphatic rings. The van der Waals surface area contributed by atoms with Crippen LogP contribution in [0.5, 0.6) is 0 Å². The molecule has 13 heteroatoms. The van der Waals surface area contributed by atoms with Crippen LogP contribution in [0.25, 0.3) is 16.8 Å². The van der Waals surface area contributed by atoms with Crippen molar-refractivity contribution in [3.63, 3.8) is 0 Å². The number of amides is 2. The van der Waals surface area contributed by atoms with E-state index in [9.17, 15) is 23.9 Å². The van der Waals surface area contributed by atoms with Crippen molar-refractivity contribution in [1.29, 1.82) is 0 Å². The summed E-state index contributed by atoms with van der Waals surface area (Å²) in [4.78, 5) is 43.6. The van der Waals surface area contributed by atoms with Crippen LogP contribution >= 0.6 is 11.6 Å². The predicted molar refractivity (Wildman–Crippen MR) is 169 cm³/mol. The van der Waals surface area contributed by atoms with E-state index in [1.807, 2.05) is 19.1 Å². The highest BCUT2D eigenvalue weighted by Gasteiger charge is 2.25. The Morgan fingerprint density at radius 1 is 1.22 bits per heavy atom. The van der Waals surface area contributed by atoms with Crippen molar-refractivity contribution in [3.05, 3.63) is 88.2 Å². The summed E-state index contributed by atoms with van der Waals surface area (Å²) < 4.78 is 21.0. The monoisotopic (exact) mass is 648 g/mol. The quantitative estimate of drug-likeness (QED) is 0.234. The first kappa shape index (κ1) is 32.7. The average molecular weight is 649 g/mol. The van der Waals surface area contributed by atoms with Gasteiger partial charge >= 0.3 is 5.97 Å². The minimum absolute atomic E-state index is 0.0271. The van der Waals surface area contributed by atoms with Gasteiger partial charge in [0.05, 0.1) is 35.0 Å². The zero-order chi connectivity index (χ0) is 33.0. The van der Waals surface area contributed by atoms with Gasteiger partial charge in [-0.2, -0.15) is 0 Å². The second kappa shape index (κ2) is 14.2. The van der Waals surface area contributed by atoms with Crippen molar-refractivity contribution in [3.8, 4) is 16.8 Å². The van der Waals surface area contributed by atoms with Crippen LogP contribution in [0.15, 0.2) is 54.7 Å². The van der Waals surface area contributed by atoms with Gasteiger partial charge in [-0.25, -0.2) is 9.07 Å². The van der Waals surface area contributed by atoms with Gasteiger partial charge < -0.3 is 20.5 Å². The molecule has 11 nitrogen and oxygen atoms in total. The molecule has 0 saturated heterocycles. The van der Waals surface area contributed by atoms with Crippen LogP contribution in [0, 0.1) is 18.7 Å². The van der Waals surface area contributed by atoms with Gasteiger partial charge in [-0.05, 0) is 68.1 Å². The summed E-state index contributed by atoms with van der Waals surface area (Å²) >= 11 is 5.95. The Balaban J connectivity index is 1.44. The second-order valence-corrected chi connectivity index (χ2v) is 11.8. The Hall–Kier alpha value is -4.68. The van der Waals surface area contributed by atoms with Gasteiger partial charge in [0.1, 0.15) is 12.3 Å². The number of ether oxygens (including phenoxy) is 1. The number of halogens is 2. The molecule has 2 bridgehead atoms. The average Bonchev–Trinajstić information content (AvgIpc) is 3.41. The molecular weight excluding hydrogens is 615 g/mol. The number of fused-ring (bicyclic) bond motifs is 4. The summed E-state index contributed by atoms with van der Waals surface area (Å²) in [7, 11) is 0. The molecular formula is C33H34ClFN6O5. The number of carbonyl (C=O) groups is 3. The van der Waals surface area contributed by atoms with Crippen LogP contribution in [0.3, 0.4) is 0 Å². The lowest BCUT2D eigenvalue weighted by atomic mass is 9.94. The molecule has 0 spiro atoms. The molecule has 2 aromatic carbocycles.